The molecule has 0 aliphatic carbocycles. The largest absolute Gasteiger partial charge is 0.496 e. The lowest BCUT2D eigenvalue weighted by Crippen LogP contribution is -2.36. The number of nitrogens with one attached hydrogen (secondary N) is 2. The van der Waals surface area contributed by atoms with Gasteiger partial charge in [0.25, 0.3) is 0 Å². The zero-order valence-electron chi connectivity index (χ0n) is 11.4. The van der Waals surface area contributed by atoms with Crippen LogP contribution in [0.15, 0.2) is 29.3 Å². The van der Waals surface area contributed by atoms with E-state index in [1.165, 1.54) is 5.56 Å². The Kier molecular flexibility index (Phi) is 8.53. The Morgan fingerprint density at radius 3 is 2.61 bits per heavy atom. The number of nitrogens with zero attached hydrogens (tertiary/aromatic N) is 1. The lowest BCUT2D eigenvalue weighted by Gasteiger charge is -2.17. The van der Waals surface area contributed by atoms with Crippen LogP contribution >= 0.6 is 24.0 Å². The number of guanidine groups is 1. The van der Waals surface area contributed by atoms with Crippen molar-refractivity contribution >= 4 is 29.9 Å². The first kappa shape index (κ1) is 17.0. The summed E-state index contributed by atoms with van der Waals surface area (Å²) in [5, 5.41) is 6.25. The normalized spacial score (nSPS) is 12.3. The van der Waals surface area contributed by atoms with Crippen LogP contribution in [0, 0.1) is 0 Å². The third kappa shape index (κ3) is 4.72. The molecule has 0 bridgehead atoms. The number of benzene rings is 1. The smallest absolute Gasteiger partial charge is 0.190 e. The summed E-state index contributed by atoms with van der Waals surface area (Å²) < 4.78 is 5.35. The van der Waals surface area contributed by atoms with Gasteiger partial charge in [0, 0.05) is 26.6 Å². The predicted molar refractivity (Wildman–Crippen MR) is 87.2 cm³/mol. The minimum Gasteiger partial charge on any atom is -0.496 e. The van der Waals surface area contributed by atoms with E-state index in [1.54, 1.807) is 14.2 Å². The summed E-state index contributed by atoms with van der Waals surface area (Å²) in [5.41, 5.74) is 1.20. The van der Waals surface area contributed by atoms with Gasteiger partial charge in [-0.05, 0) is 11.6 Å². The molecule has 0 heterocycles. The van der Waals surface area contributed by atoms with Gasteiger partial charge in [0.2, 0.25) is 0 Å². The van der Waals surface area contributed by atoms with Crippen molar-refractivity contribution in [2.45, 2.75) is 12.8 Å². The van der Waals surface area contributed by atoms with Gasteiger partial charge >= 0.3 is 0 Å². The fraction of sp³-hybridized carbons (Fsp3) is 0.462. The maximum absolute atomic E-state index is 5.35. The number of halogens is 1. The third-order valence-corrected chi connectivity index (χ3v) is 2.71. The molecule has 18 heavy (non-hydrogen) atoms. The minimum absolute atomic E-state index is 0. The molecule has 0 spiro atoms. The van der Waals surface area contributed by atoms with Crippen molar-refractivity contribution in [1.29, 1.82) is 0 Å². The quantitative estimate of drug-likeness (QED) is 0.490. The van der Waals surface area contributed by atoms with Crippen molar-refractivity contribution in [3.05, 3.63) is 29.8 Å². The van der Waals surface area contributed by atoms with Gasteiger partial charge < -0.3 is 15.4 Å². The van der Waals surface area contributed by atoms with E-state index in [-0.39, 0.29) is 24.0 Å². The number of para-hydroxylation sites is 1. The maximum atomic E-state index is 5.35. The summed E-state index contributed by atoms with van der Waals surface area (Å²) in [7, 11) is 5.31. The molecule has 0 aliphatic heterocycles. The second kappa shape index (κ2) is 9.02. The Morgan fingerprint density at radius 2 is 2.06 bits per heavy atom. The fourth-order valence-corrected chi connectivity index (χ4v) is 1.71. The summed E-state index contributed by atoms with van der Waals surface area (Å²) in [5.74, 6) is 2.09. The molecule has 1 atom stereocenters. The van der Waals surface area contributed by atoms with Crippen molar-refractivity contribution in [2.75, 3.05) is 27.7 Å². The second-order valence-electron chi connectivity index (χ2n) is 3.85. The highest BCUT2D eigenvalue weighted by molar-refractivity contribution is 14.0. The van der Waals surface area contributed by atoms with Crippen LogP contribution in [0.2, 0.25) is 0 Å². The Bertz CT molecular complexity index is 382. The Hall–Kier alpha value is -0.980. The van der Waals surface area contributed by atoms with Crippen molar-refractivity contribution < 1.29 is 4.74 Å². The molecule has 1 unspecified atom stereocenters. The molecule has 0 aliphatic rings. The summed E-state index contributed by atoms with van der Waals surface area (Å²) in [6.45, 7) is 2.97. The Balaban J connectivity index is 0.00000289. The SMILES string of the molecule is CN=C(NC)NCC(C)c1ccccc1OC.I. The Labute approximate surface area is 126 Å². The highest BCUT2D eigenvalue weighted by atomic mass is 127. The molecule has 0 fully saturated rings. The van der Waals surface area contributed by atoms with Gasteiger partial charge in [-0.15, -0.1) is 24.0 Å². The second-order valence-corrected chi connectivity index (χ2v) is 3.85. The molecule has 0 saturated carbocycles. The van der Waals surface area contributed by atoms with E-state index in [4.69, 9.17) is 4.74 Å². The number of methoxy groups -OCH3 is 1. The molecular formula is C13H22IN3O. The van der Waals surface area contributed by atoms with E-state index in [9.17, 15) is 0 Å². The van der Waals surface area contributed by atoms with E-state index in [0.29, 0.717) is 5.92 Å². The average molecular weight is 363 g/mol. The highest BCUT2D eigenvalue weighted by Crippen LogP contribution is 2.25. The number of aliphatic imine (C=N–C) groups is 1. The average Bonchev–Trinajstić information content (AvgIpc) is 2.39. The van der Waals surface area contributed by atoms with Crippen LogP contribution in [-0.4, -0.2) is 33.7 Å². The van der Waals surface area contributed by atoms with Gasteiger partial charge in [0.15, 0.2) is 5.96 Å². The van der Waals surface area contributed by atoms with Gasteiger partial charge in [-0.1, -0.05) is 25.1 Å². The van der Waals surface area contributed by atoms with E-state index in [2.05, 4.69) is 28.6 Å². The van der Waals surface area contributed by atoms with E-state index in [0.717, 1.165) is 18.3 Å². The van der Waals surface area contributed by atoms with Gasteiger partial charge in [0.05, 0.1) is 7.11 Å². The van der Waals surface area contributed by atoms with Crippen LogP contribution in [0.1, 0.15) is 18.4 Å². The lowest BCUT2D eigenvalue weighted by molar-refractivity contribution is 0.406. The number of hydrogen-bond acceptors (Lipinski definition) is 2. The van der Waals surface area contributed by atoms with E-state index < -0.39 is 0 Å². The van der Waals surface area contributed by atoms with Crippen LogP contribution in [0.4, 0.5) is 0 Å². The molecule has 1 rings (SSSR count). The highest BCUT2D eigenvalue weighted by Gasteiger charge is 2.10. The van der Waals surface area contributed by atoms with Crippen LogP contribution < -0.4 is 15.4 Å². The molecule has 102 valence electrons. The first-order valence-electron chi connectivity index (χ1n) is 5.74. The van der Waals surface area contributed by atoms with Crippen molar-refractivity contribution in [2.24, 2.45) is 4.99 Å². The molecule has 1 aromatic rings. The lowest BCUT2D eigenvalue weighted by atomic mass is 10.0. The molecule has 4 nitrogen and oxygen atoms in total. The monoisotopic (exact) mass is 363 g/mol. The summed E-state index contributed by atoms with van der Waals surface area (Å²) in [6, 6.07) is 8.09. The minimum atomic E-state index is 0. The molecule has 2 N–H and O–H groups in total. The fourth-order valence-electron chi connectivity index (χ4n) is 1.71. The van der Waals surface area contributed by atoms with Crippen molar-refractivity contribution in [3.8, 4) is 5.75 Å². The van der Waals surface area contributed by atoms with E-state index in [1.807, 2.05) is 25.2 Å². The summed E-state index contributed by atoms with van der Waals surface area (Å²) in [6.07, 6.45) is 0. The van der Waals surface area contributed by atoms with Crippen molar-refractivity contribution in [3.63, 3.8) is 0 Å². The van der Waals surface area contributed by atoms with Gasteiger partial charge in [-0.3, -0.25) is 4.99 Å². The summed E-state index contributed by atoms with van der Waals surface area (Å²) >= 11 is 0. The number of ether oxygens (including phenoxy) is 1. The third-order valence-electron chi connectivity index (χ3n) is 2.71. The maximum Gasteiger partial charge on any atom is 0.190 e. The zero-order chi connectivity index (χ0) is 12.7. The molecule has 0 saturated heterocycles. The van der Waals surface area contributed by atoms with Crippen LogP contribution in [-0.2, 0) is 0 Å². The molecule has 1 aromatic carbocycles. The molecular weight excluding hydrogens is 341 g/mol. The molecule has 0 aromatic heterocycles. The van der Waals surface area contributed by atoms with Crippen LogP contribution in [0.5, 0.6) is 5.75 Å². The topological polar surface area (TPSA) is 45.7 Å². The van der Waals surface area contributed by atoms with Gasteiger partial charge in [-0.2, -0.15) is 0 Å². The molecule has 5 heteroatoms. The molecule has 0 amide bonds. The zero-order valence-corrected chi connectivity index (χ0v) is 13.7. The van der Waals surface area contributed by atoms with Crippen LogP contribution in [0.3, 0.4) is 0 Å². The van der Waals surface area contributed by atoms with Gasteiger partial charge in [-0.25, -0.2) is 0 Å². The first-order chi connectivity index (χ1) is 8.22. The number of rotatable bonds is 4. The standard InChI is InChI=1S/C13H21N3O.HI/c1-10(9-16-13(14-2)15-3)11-7-5-6-8-12(11)17-4;/h5-8,10H,9H2,1-4H3,(H2,14,15,16);1H. The first-order valence-corrected chi connectivity index (χ1v) is 5.74. The van der Waals surface area contributed by atoms with Gasteiger partial charge in [0.1, 0.15) is 5.75 Å². The van der Waals surface area contributed by atoms with Crippen LogP contribution in [0.25, 0.3) is 0 Å². The summed E-state index contributed by atoms with van der Waals surface area (Å²) in [4.78, 5) is 4.08. The van der Waals surface area contributed by atoms with Crippen molar-refractivity contribution in [1.82, 2.24) is 10.6 Å². The Morgan fingerprint density at radius 1 is 1.39 bits per heavy atom. The molecule has 0 radical (unpaired) electrons. The number of hydrogen-bond donors (Lipinski definition) is 2. The predicted octanol–water partition coefficient (Wildman–Crippen LogP) is 2.21. The van der Waals surface area contributed by atoms with E-state index >= 15 is 0 Å².